The van der Waals surface area contributed by atoms with Crippen molar-refractivity contribution in [2.24, 2.45) is 0 Å². The van der Waals surface area contributed by atoms with E-state index < -0.39 is 0 Å². The molecular weight excluding hydrogens is 420 g/mol. The van der Waals surface area contributed by atoms with E-state index in [2.05, 4.69) is 62.5 Å². The van der Waals surface area contributed by atoms with Gasteiger partial charge in [-0.05, 0) is 35.4 Å². The summed E-state index contributed by atoms with van der Waals surface area (Å²) in [6, 6.07) is 28.9. The Labute approximate surface area is 193 Å². The van der Waals surface area contributed by atoms with Crippen molar-refractivity contribution in [3.63, 3.8) is 0 Å². The molecule has 0 aliphatic carbocycles. The fourth-order valence-corrected chi connectivity index (χ4v) is 4.51. The number of rotatable bonds is 6. The highest BCUT2D eigenvalue weighted by atomic mass is 35.5. The number of halogens is 1. The maximum atomic E-state index is 6.32. The molecule has 1 saturated heterocycles. The average molecular weight is 445 g/mol. The van der Waals surface area contributed by atoms with Gasteiger partial charge in [0.2, 0.25) is 11.8 Å². The third-order valence-corrected chi connectivity index (χ3v) is 6.13. The Morgan fingerprint density at radius 1 is 0.781 bits per heavy atom. The fraction of sp³-hybridized carbons (Fsp3) is 0.231. The van der Waals surface area contributed by atoms with Crippen LogP contribution in [0.1, 0.15) is 23.1 Å². The summed E-state index contributed by atoms with van der Waals surface area (Å²) in [6.07, 6.45) is 0. The van der Waals surface area contributed by atoms with Crippen molar-refractivity contribution in [1.29, 1.82) is 0 Å². The molecule has 6 heteroatoms. The summed E-state index contributed by atoms with van der Waals surface area (Å²) in [6.45, 7) is 4.44. The summed E-state index contributed by atoms with van der Waals surface area (Å²) >= 11 is 6.32. The van der Waals surface area contributed by atoms with Gasteiger partial charge in [0.15, 0.2) is 0 Å². The lowest BCUT2D eigenvalue weighted by Crippen LogP contribution is -2.47. The van der Waals surface area contributed by atoms with Gasteiger partial charge in [-0.2, -0.15) is 0 Å². The Kier molecular flexibility index (Phi) is 6.30. The molecule has 0 spiro atoms. The van der Waals surface area contributed by atoms with Gasteiger partial charge in [0.05, 0.1) is 12.6 Å². The van der Waals surface area contributed by atoms with Crippen molar-refractivity contribution in [1.82, 2.24) is 20.0 Å². The highest BCUT2D eigenvalue weighted by Crippen LogP contribution is 2.31. The first kappa shape index (κ1) is 20.9. The standard InChI is InChI=1S/C26H25ClN4O/c27-23-13-7-12-22(18-23)25(20-8-3-1-4-9-20)31-16-14-30(15-17-31)19-24-28-29-26(32-24)21-10-5-2-6-11-21/h1-13,18,25H,14-17,19H2/t25-/m0/s1. The second-order valence-electron chi connectivity index (χ2n) is 8.05. The smallest absolute Gasteiger partial charge is 0.247 e. The molecule has 32 heavy (non-hydrogen) atoms. The van der Waals surface area contributed by atoms with Crippen molar-refractivity contribution < 1.29 is 4.42 Å². The maximum Gasteiger partial charge on any atom is 0.247 e. The van der Waals surface area contributed by atoms with Crippen LogP contribution < -0.4 is 0 Å². The van der Waals surface area contributed by atoms with E-state index in [0.717, 1.165) is 36.8 Å². The summed E-state index contributed by atoms with van der Waals surface area (Å²) in [7, 11) is 0. The lowest BCUT2D eigenvalue weighted by Gasteiger charge is -2.39. The first-order chi connectivity index (χ1) is 15.8. The third kappa shape index (κ3) is 4.75. The lowest BCUT2D eigenvalue weighted by molar-refractivity contribution is 0.0986. The summed E-state index contributed by atoms with van der Waals surface area (Å²) in [5.41, 5.74) is 3.46. The number of piperazine rings is 1. The van der Waals surface area contributed by atoms with Gasteiger partial charge in [-0.15, -0.1) is 10.2 Å². The zero-order valence-corrected chi connectivity index (χ0v) is 18.5. The van der Waals surface area contributed by atoms with Crippen LogP contribution in [-0.2, 0) is 6.54 Å². The van der Waals surface area contributed by atoms with Gasteiger partial charge in [-0.25, -0.2) is 0 Å². The molecule has 1 atom stereocenters. The van der Waals surface area contributed by atoms with Gasteiger partial charge in [0, 0.05) is 36.8 Å². The number of nitrogens with zero attached hydrogens (tertiary/aromatic N) is 4. The van der Waals surface area contributed by atoms with Crippen molar-refractivity contribution in [2.75, 3.05) is 26.2 Å². The predicted octanol–water partition coefficient (Wildman–Crippen LogP) is 5.30. The molecule has 5 rings (SSSR count). The second kappa shape index (κ2) is 9.65. The molecule has 4 aromatic rings. The van der Waals surface area contributed by atoms with Crippen molar-refractivity contribution in [2.45, 2.75) is 12.6 Å². The number of hydrogen-bond acceptors (Lipinski definition) is 5. The van der Waals surface area contributed by atoms with Gasteiger partial charge >= 0.3 is 0 Å². The molecule has 2 heterocycles. The Hall–Kier alpha value is -2.99. The molecule has 1 fully saturated rings. The van der Waals surface area contributed by atoms with Gasteiger partial charge in [0.25, 0.3) is 0 Å². The third-order valence-electron chi connectivity index (χ3n) is 5.90. The molecular formula is C26H25ClN4O. The first-order valence-electron chi connectivity index (χ1n) is 10.9. The number of hydrogen-bond donors (Lipinski definition) is 0. The highest BCUT2D eigenvalue weighted by molar-refractivity contribution is 6.30. The molecule has 1 aliphatic heterocycles. The topological polar surface area (TPSA) is 45.4 Å². The van der Waals surface area contributed by atoms with Crippen molar-refractivity contribution in [3.05, 3.63) is 107 Å². The monoisotopic (exact) mass is 444 g/mol. The molecule has 0 bridgehead atoms. The minimum Gasteiger partial charge on any atom is -0.419 e. The average Bonchev–Trinajstić information content (AvgIpc) is 3.30. The van der Waals surface area contributed by atoms with Crippen LogP contribution in [0.5, 0.6) is 0 Å². The van der Waals surface area contributed by atoms with Crippen LogP contribution in [0.25, 0.3) is 11.5 Å². The Bertz CT molecular complexity index is 1140. The minimum absolute atomic E-state index is 0.185. The van der Waals surface area contributed by atoms with Gasteiger partial charge in [0.1, 0.15) is 0 Å². The van der Waals surface area contributed by atoms with Gasteiger partial charge < -0.3 is 4.42 Å². The zero-order valence-electron chi connectivity index (χ0n) is 17.8. The molecule has 1 aromatic heterocycles. The van der Waals surface area contributed by atoms with E-state index in [1.807, 2.05) is 42.5 Å². The van der Waals surface area contributed by atoms with Gasteiger partial charge in [-0.3, -0.25) is 9.80 Å². The molecule has 0 radical (unpaired) electrons. The molecule has 1 aliphatic rings. The van der Waals surface area contributed by atoms with E-state index in [9.17, 15) is 0 Å². The van der Waals surface area contributed by atoms with E-state index in [1.54, 1.807) is 0 Å². The quantitative estimate of drug-likeness (QED) is 0.404. The molecule has 0 saturated carbocycles. The molecule has 0 amide bonds. The summed E-state index contributed by atoms with van der Waals surface area (Å²) in [5.74, 6) is 1.23. The largest absolute Gasteiger partial charge is 0.419 e. The van der Waals surface area contributed by atoms with Crippen LogP contribution in [0, 0.1) is 0 Å². The molecule has 0 N–H and O–H groups in total. The molecule has 162 valence electrons. The van der Waals surface area contributed by atoms with E-state index in [0.29, 0.717) is 18.3 Å². The van der Waals surface area contributed by atoms with Crippen molar-refractivity contribution >= 4 is 11.6 Å². The maximum absolute atomic E-state index is 6.32. The highest BCUT2D eigenvalue weighted by Gasteiger charge is 2.27. The Balaban J connectivity index is 1.27. The minimum atomic E-state index is 0.185. The second-order valence-corrected chi connectivity index (χ2v) is 8.48. The first-order valence-corrected chi connectivity index (χ1v) is 11.3. The van der Waals surface area contributed by atoms with Crippen LogP contribution >= 0.6 is 11.6 Å². The van der Waals surface area contributed by atoms with Crippen molar-refractivity contribution in [3.8, 4) is 11.5 Å². The SMILES string of the molecule is Clc1cccc([C@H](c2ccccc2)N2CCN(Cc3nnc(-c4ccccc4)o3)CC2)c1. The Morgan fingerprint density at radius 2 is 1.47 bits per heavy atom. The van der Waals surface area contributed by atoms with E-state index in [1.165, 1.54) is 11.1 Å². The van der Waals surface area contributed by atoms with Crippen LogP contribution in [0.4, 0.5) is 0 Å². The van der Waals surface area contributed by atoms with Crippen LogP contribution in [0.15, 0.2) is 89.3 Å². The normalized spacial score (nSPS) is 16.2. The number of aromatic nitrogens is 2. The number of benzene rings is 3. The predicted molar refractivity (Wildman–Crippen MR) is 126 cm³/mol. The van der Waals surface area contributed by atoms with Crippen LogP contribution in [0.2, 0.25) is 5.02 Å². The molecule has 3 aromatic carbocycles. The lowest BCUT2D eigenvalue weighted by atomic mass is 9.96. The van der Waals surface area contributed by atoms with Crippen LogP contribution in [-0.4, -0.2) is 46.2 Å². The summed E-state index contributed by atoms with van der Waals surface area (Å²) in [4.78, 5) is 4.90. The van der Waals surface area contributed by atoms with Gasteiger partial charge in [-0.1, -0.05) is 72.3 Å². The van der Waals surface area contributed by atoms with E-state index >= 15 is 0 Å². The van der Waals surface area contributed by atoms with E-state index in [4.69, 9.17) is 16.0 Å². The summed E-state index contributed by atoms with van der Waals surface area (Å²) in [5, 5.41) is 9.25. The zero-order chi connectivity index (χ0) is 21.8. The Morgan fingerprint density at radius 3 is 2.19 bits per heavy atom. The van der Waals surface area contributed by atoms with Crippen LogP contribution in [0.3, 0.4) is 0 Å². The molecule has 5 nitrogen and oxygen atoms in total. The van der Waals surface area contributed by atoms with E-state index in [-0.39, 0.29) is 6.04 Å². The fourth-order valence-electron chi connectivity index (χ4n) is 4.31. The summed E-state index contributed by atoms with van der Waals surface area (Å²) < 4.78 is 5.91. The molecule has 0 unspecified atom stereocenters.